The zero-order valence-electron chi connectivity index (χ0n) is 22.0. The smallest absolute Gasteiger partial charge is 0.444 e. The van der Waals surface area contributed by atoms with Gasteiger partial charge in [0, 0.05) is 19.5 Å². The molecule has 0 saturated carbocycles. The van der Waals surface area contributed by atoms with Crippen molar-refractivity contribution in [1.29, 1.82) is 0 Å². The van der Waals surface area contributed by atoms with Crippen molar-refractivity contribution in [3.05, 3.63) is 23.4 Å². The number of carbonyl (C=O) groups is 1. The lowest BCUT2D eigenvalue weighted by molar-refractivity contribution is -0.0524. The Bertz CT molecular complexity index is 953. The first kappa shape index (κ1) is 30.5. The zero-order chi connectivity index (χ0) is 27.6. The van der Waals surface area contributed by atoms with Gasteiger partial charge in [-0.3, -0.25) is 0 Å². The van der Waals surface area contributed by atoms with Crippen molar-refractivity contribution in [2.24, 2.45) is 0 Å². The summed E-state index contributed by atoms with van der Waals surface area (Å²) in [6.07, 6.45) is 6.31. The third-order valence-corrected chi connectivity index (χ3v) is 7.14. The van der Waals surface area contributed by atoms with Crippen LogP contribution >= 0.6 is 0 Å². The molecule has 0 unspecified atom stereocenters. The van der Waals surface area contributed by atoms with E-state index in [1.165, 1.54) is 6.08 Å². The maximum absolute atomic E-state index is 12.2. The minimum atomic E-state index is -5.47. The fraction of sp³-hybridized carbons (Fsp3) is 0.783. The van der Waals surface area contributed by atoms with Gasteiger partial charge in [0.2, 0.25) is 0 Å². The summed E-state index contributed by atoms with van der Waals surface area (Å²) in [7, 11) is -5.86. The number of carbonyl (C=O) groups excluding carboxylic acids is 1. The Kier molecular flexibility index (Phi) is 9.27. The number of hydrogen-bond donors (Lipinski definition) is 0. The van der Waals surface area contributed by atoms with Gasteiger partial charge < -0.3 is 23.1 Å². The predicted octanol–water partition coefficient (Wildman–Crippen LogP) is 5.50. The highest BCUT2D eigenvalue weighted by Gasteiger charge is 2.53. The van der Waals surface area contributed by atoms with Crippen molar-refractivity contribution < 1.29 is 44.6 Å². The fourth-order valence-corrected chi connectivity index (χ4v) is 4.02. The summed E-state index contributed by atoms with van der Waals surface area (Å²) in [5, 5.41) is 0. The van der Waals surface area contributed by atoms with Gasteiger partial charge in [0.15, 0.2) is 0 Å². The molecule has 206 valence electrons. The van der Waals surface area contributed by atoms with Crippen molar-refractivity contribution in [3.63, 3.8) is 0 Å². The Balaban J connectivity index is 0.000000281. The van der Waals surface area contributed by atoms with E-state index in [1.54, 1.807) is 4.90 Å². The summed E-state index contributed by atoms with van der Waals surface area (Å²) >= 11 is 0. The molecular weight excluding hydrogens is 502 g/mol. The lowest BCUT2D eigenvalue weighted by Crippen LogP contribution is -2.42. The van der Waals surface area contributed by atoms with E-state index in [9.17, 15) is 26.4 Å². The molecule has 36 heavy (non-hydrogen) atoms. The summed E-state index contributed by atoms with van der Waals surface area (Å²) < 4.78 is 78.1. The molecule has 1 saturated heterocycles. The third-order valence-electron chi connectivity index (χ3n) is 6.14. The van der Waals surface area contributed by atoms with Crippen LogP contribution in [0.25, 0.3) is 0 Å². The second kappa shape index (κ2) is 10.9. The Labute approximate surface area is 212 Å². The highest BCUT2D eigenvalue weighted by Crippen LogP contribution is 2.39. The van der Waals surface area contributed by atoms with E-state index in [1.807, 2.05) is 48.5 Å². The maximum Gasteiger partial charge on any atom is 0.534 e. The normalized spacial score (nSPS) is 22.2. The van der Waals surface area contributed by atoms with Gasteiger partial charge in [-0.2, -0.15) is 21.6 Å². The molecule has 0 aromatic carbocycles. The van der Waals surface area contributed by atoms with Gasteiger partial charge in [0.25, 0.3) is 0 Å². The van der Waals surface area contributed by atoms with Gasteiger partial charge in [-0.1, -0.05) is 6.08 Å². The van der Waals surface area contributed by atoms with Crippen molar-refractivity contribution >= 4 is 23.3 Å². The van der Waals surface area contributed by atoms with Crippen molar-refractivity contribution in [1.82, 2.24) is 4.90 Å². The maximum atomic E-state index is 12.2. The largest absolute Gasteiger partial charge is 0.534 e. The first-order valence-corrected chi connectivity index (χ1v) is 13.4. The van der Waals surface area contributed by atoms with Crippen molar-refractivity contribution in [2.75, 3.05) is 13.1 Å². The lowest BCUT2D eigenvalue weighted by Gasteiger charge is -2.32. The van der Waals surface area contributed by atoms with E-state index in [2.05, 4.69) is 10.3 Å². The van der Waals surface area contributed by atoms with Crippen LogP contribution in [0, 0.1) is 0 Å². The molecule has 0 aromatic heterocycles. The topological polar surface area (TPSA) is 91.4 Å². The van der Waals surface area contributed by atoms with Crippen molar-refractivity contribution in [3.8, 4) is 0 Å². The molecule has 0 atom stereocenters. The quantitative estimate of drug-likeness (QED) is 0.266. The van der Waals surface area contributed by atoms with Crippen LogP contribution in [0.1, 0.15) is 80.6 Å². The minimum Gasteiger partial charge on any atom is -0.444 e. The molecule has 1 aliphatic carbocycles. The second-order valence-electron chi connectivity index (χ2n) is 11.0. The van der Waals surface area contributed by atoms with E-state index < -0.39 is 28.3 Å². The average Bonchev–Trinajstić information content (AvgIpc) is 2.94. The van der Waals surface area contributed by atoms with Gasteiger partial charge in [0.1, 0.15) is 11.4 Å². The molecule has 1 amide bonds. The number of alkyl halides is 3. The first-order valence-electron chi connectivity index (χ1n) is 12.0. The standard InChI is InChI=1S/C16H28BNO4.C7H9F3O3S/c1-14(2,3)20-13(19)18-10-8-9-12(11-18)17-21-15(4,5)16(6,7)22-17;8-7(9,10)14(11,12)13-6-4-2-1-3-5-6/h9H,8,10-11H2,1-7H3;4H,1-3,5H2. The van der Waals surface area contributed by atoms with E-state index in [0.29, 0.717) is 25.9 Å². The van der Waals surface area contributed by atoms with Crippen molar-refractivity contribution in [2.45, 2.75) is 103 Å². The number of ether oxygens (including phenoxy) is 1. The fourth-order valence-electron chi connectivity index (χ4n) is 3.49. The molecule has 2 heterocycles. The molecule has 0 N–H and O–H groups in total. The van der Waals surface area contributed by atoms with Crippen LogP contribution in [0.5, 0.6) is 0 Å². The average molecular weight is 539 g/mol. The molecule has 2 aliphatic heterocycles. The minimum absolute atomic E-state index is 0.103. The van der Waals surface area contributed by atoms with E-state index in [-0.39, 0.29) is 29.5 Å². The van der Waals surface area contributed by atoms with Crippen LogP contribution in [-0.4, -0.2) is 61.9 Å². The number of amides is 1. The molecule has 13 heteroatoms. The Morgan fingerprint density at radius 1 is 1.03 bits per heavy atom. The van der Waals surface area contributed by atoms with Crippen LogP contribution in [0.4, 0.5) is 18.0 Å². The molecule has 3 aliphatic rings. The predicted molar refractivity (Wildman–Crippen MR) is 129 cm³/mol. The van der Waals surface area contributed by atoms with Crippen LogP contribution in [-0.2, 0) is 28.3 Å². The number of rotatable bonds is 3. The van der Waals surface area contributed by atoms with Gasteiger partial charge >= 0.3 is 28.8 Å². The summed E-state index contributed by atoms with van der Waals surface area (Å²) in [5.41, 5.74) is -5.57. The molecule has 0 radical (unpaired) electrons. The lowest BCUT2D eigenvalue weighted by atomic mass is 9.76. The van der Waals surface area contributed by atoms with Gasteiger partial charge in [-0.25, -0.2) is 4.79 Å². The van der Waals surface area contributed by atoms with Gasteiger partial charge in [0.05, 0.1) is 11.2 Å². The zero-order valence-corrected chi connectivity index (χ0v) is 22.8. The number of hydrogen-bond acceptors (Lipinski definition) is 7. The van der Waals surface area contributed by atoms with Gasteiger partial charge in [-0.15, -0.1) is 0 Å². The highest BCUT2D eigenvalue weighted by atomic mass is 32.2. The summed E-state index contributed by atoms with van der Waals surface area (Å²) in [6.45, 7) is 14.9. The Hall–Kier alpha value is -1.73. The molecule has 0 aromatic rings. The van der Waals surface area contributed by atoms with Crippen LogP contribution in [0.3, 0.4) is 0 Å². The molecule has 8 nitrogen and oxygen atoms in total. The molecule has 0 spiro atoms. The second-order valence-corrected chi connectivity index (χ2v) is 12.5. The van der Waals surface area contributed by atoms with E-state index >= 15 is 0 Å². The third kappa shape index (κ3) is 8.14. The van der Waals surface area contributed by atoms with Crippen LogP contribution in [0.15, 0.2) is 23.4 Å². The van der Waals surface area contributed by atoms with Gasteiger partial charge in [-0.05, 0) is 85.7 Å². The summed E-state index contributed by atoms with van der Waals surface area (Å²) in [4.78, 5) is 13.9. The molecule has 3 rings (SSSR count). The van der Waals surface area contributed by atoms with Crippen LogP contribution in [0.2, 0.25) is 0 Å². The monoisotopic (exact) mass is 539 g/mol. The number of nitrogens with zero attached hydrogens (tertiary/aromatic N) is 1. The Morgan fingerprint density at radius 3 is 2.08 bits per heavy atom. The number of allylic oxidation sites excluding steroid dienone is 2. The summed E-state index contributed by atoms with van der Waals surface area (Å²) in [6, 6.07) is 0. The Morgan fingerprint density at radius 2 is 1.61 bits per heavy atom. The van der Waals surface area contributed by atoms with E-state index in [0.717, 1.165) is 18.3 Å². The van der Waals surface area contributed by atoms with Crippen LogP contribution < -0.4 is 0 Å². The van der Waals surface area contributed by atoms with E-state index in [4.69, 9.17) is 14.0 Å². The first-order chi connectivity index (χ1) is 16.2. The number of halogens is 3. The highest BCUT2D eigenvalue weighted by molar-refractivity contribution is 7.87. The SMILES string of the molecule is CC(C)(C)OC(=O)N1CCC=C(B2OC(C)(C)C(C)(C)O2)C1.O=S(=O)(OC1=CCCCC1)C(F)(F)F. The summed E-state index contributed by atoms with van der Waals surface area (Å²) in [5.74, 6) is -0.103. The molecule has 0 bridgehead atoms. The molecular formula is C23H37BF3NO7S. The molecule has 1 fully saturated rings.